The lowest BCUT2D eigenvalue weighted by atomic mass is 10.1. The quantitative estimate of drug-likeness (QED) is 0.242. The number of anilines is 1. The highest BCUT2D eigenvalue weighted by Crippen LogP contribution is 2.38. The number of ether oxygens (including phenoxy) is 4. The summed E-state index contributed by atoms with van der Waals surface area (Å²) in [5.41, 5.74) is 3.51. The fourth-order valence-electron chi connectivity index (χ4n) is 3.52. The Morgan fingerprint density at radius 3 is 2.09 bits per heavy atom. The first-order valence-electron chi connectivity index (χ1n) is 10.5. The Bertz CT molecular complexity index is 1290. The van der Waals surface area contributed by atoms with Crippen molar-refractivity contribution in [2.75, 3.05) is 26.3 Å². The molecular weight excluding hydrogens is 452 g/mol. The number of hydrazine groups is 1. The van der Waals surface area contributed by atoms with Crippen LogP contribution in [-0.4, -0.2) is 39.1 Å². The van der Waals surface area contributed by atoms with E-state index in [-0.39, 0.29) is 16.9 Å². The monoisotopic (exact) mass is 474 g/mol. The molecule has 3 aromatic carbocycles. The maximum atomic E-state index is 13.0. The molecule has 0 bridgehead atoms. The summed E-state index contributed by atoms with van der Waals surface area (Å²) in [4.78, 5) is 38.4. The minimum Gasteiger partial charge on any atom is -0.493 e. The van der Waals surface area contributed by atoms with Crippen molar-refractivity contribution in [3.8, 4) is 23.0 Å². The fourth-order valence-corrected chi connectivity index (χ4v) is 3.52. The molecular formula is C26H22N2O7. The van der Waals surface area contributed by atoms with E-state index in [1.54, 1.807) is 54.6 Å². The van der Waals surface area contributed by atoms with Gasteiger partial charge in [0.05, 0.1) is 32.6 Å². The Hall–Kier alpha value is -4.79. The normalized spacial score (nSPS) is 14.0. The van der Waals surface area contributed by atoms with E-state index in [2.05, 4.69) is 5.43 Å². The van der Waals surface area contributed by atoms with Crippen molar-refractivity contribution in [2.45, 2.75) is 0 Å². The van der Waals surface area contributed by atoms with Gasteiger partial charge < -0.3 is 18.9 Å². The van der Waals surface area contributed by atoms with Gasteiger partial charge in [0, 0.05) is 5.56 Å². The van der Waals surface area contributed by atoms with Crippen LogP contribution in [-0.2, 0) is 9.59 Å². The summed E-state index contributed by atoms with van der Waals surface area (Å²) in [6.45, 7) is 0. The third-order valence-corrected chi connectivity index (χ3v) is 5.23. The molecule has 4 rings (SSSR count). The van der Waals surface area contributed by atoms with Crippen LogP contribution in [0, 0.1) is 0 Å². The number of carbonyl (C=O) groups excluding carboxylic acids is 3. The van der Waals surface area contributed by atoms with Gasteiger partial charge in [-0.25, -0.2) is 9.80 Å². The summed E-state index contributed by atoms with van der Waals surface area (Å²) in [5, 5.41) is 1.17. The van der Waals surface area contributed by atoms with Crippen molar-refractivity contribution in [2.24, 2.45) is 0 Å². The molecule has 0 atom stereocenters. The average molecular weight is 474 g/mol. The van der Waals surface area contributed by atoms with E-state index in [4.69, 9.17) is 18.9 Å². The van der Waals surface area contributed by atoms with Crippen LogP contribution in [0.25, 0.3) is 6.08 Å². The Kier molecular flexibility index (Phi) is 6.68. The molecule has 178 valence electrons. The van der Waals surface area contributed by atoms with Gasteiger partial charge in [0.25, 0.3) is 11.8 Å². The van der Waals surface area contributed by atoms with Crippen LogP contribution in [0.3, 0.4) is 0 Å². The first-order chi connectivity index (χ1) is 17.0. The number of rotatable bonds is 7. The summed E-state index contributed by atoms with van der Waals surface area (Å²) in [7, 11) is 4.34. The largest absolute Gasteiger partial charge is 0.493 e. The molecule has 0 unspecified atom stereocenters. The highest BCUT2D eigenvalue weighted by atomic mass is 16.5. The maximum absolute atomic E-state index is 13.0. The van der Waals surface area contributed by atoms with Gasteiger partial charge in [0.15, 0.2) is 11.5 Å². The lowest BCUT2D eigenvalue weighted by Crippen LogP contribution is -2.35. The predicted molar refractivity (Wildman–Crippen MR) is 128 cm³/mol. The molecule has 3 aromatic rings. The number of nitrogens with one attached hydrogen (secondary N) is 1. The predicted octanol–water partition coefficient (Wildman–Crippen LogP) is 3.39. The number of methoxy groups -OCH3 is 3. The van der Waals surface area contributed by atoms with E-state index in [0.717, 1.165) is 0 Å². The average Bonchev–Trinajstić information content (AvgIpc) is 3.17. The third kappa shape index (κ3) is 4.65. The van der Waals surface area contributed by atoms with Gasteiger partial charge in [-0.15, -0.1) is 0 Å². The van der Waals surface area contributed by atoms with Gasteiger partial charge in [0.1, 0.15) is 11.3 Å². The highest BCUT2D eigenvalue weighted by Gasteiger charge is 2.34. The van der Waals surface area contributed by atoms with E-state index in [0.29, 0.717) is 28.5 Å². The van der Waals surface area contributed by atoms with Crippen LogP contribution in [0.2, 0.25) is 0 Å². The number of nitrogens with zero attached hydrogens (tertiary/aromatic N) is 1. The number of para-hydroxylation sites is 2. The van der Waals surface area contributed by atoms with Crippen LogP contribution in [0.1, 0.15) is 15.9 Å². The standard InChI is InChI=1S/C26H22N2O7/c1-32-21-14-17(15-22(33-2)23(21)34-3)26(31)35-20-12-8-7-9-16(20)13-19-24(29)27-28(25(19)30)18-10-5-4-6-11-18/h4-15H,1-3H3,(H,27,29)/b19-13+. The smallest absolute Gasteiger partial charge is 0.343 e. The number of amides is 2. The topological polar surface area (TPSA) is 103 Å². The number of hydrogen-bond acceptors (Lipinski definition) is 7. The summed E-state index contributed by atoms with van der Waals surface area (Å²) < 4.78 is 21.5. The van der Waals surface area contributed by atoms with Gasteiger partial charge in [0.2, 0.25) is 5.75 Å². The van der Waals surface area contributed by atoms with E-state index in [1.807, 2.05) is 0 Å². The van der Waals surface area contributed by atoms with Crippen LogP contribution in [0.5, 0.6) is 23.0 Å². The van der Waals surface area contributed by atoms with Gasteiger partial charge in [-0.1, -0.05) is 36.4 Å². The number of hydrogen-bond donors (Lipinski definition) is 1. The number of esters is 1. The zero-order valence-electron chi connectivity index (χ0n) is 19.2. The van der Waals surface area contributed by atoms with Crippen LogP contribution in [0.15, 0.2) is 72.3 Å². The van der Waals surface area contributed by atoms with Crippen molar-refractivity contribution in [1.82, 2.24) is 5.43 Å². The molecule has 1 N–H and O–H groups in total. The molecule has 9 heteroatoms. The molecule has 0 spiro atoms. The first kappa shape index (κ1) is 23.4. The molecule has 9 nitrogen and oxygen atoms in total. The molecule has 35 heavy (non-hydrogen) atoms. The summed E-state index contributed by atoms with van der Waals surface area (Å²) in [6.07, 6.45) is 1.39. The number of carbonyl (C=O) groups is 3. The molecule has 2 amide bonds. The third-order valence-electron chi connectivity index (χ3n) is 5.23. The van der Waals surface area contributed by atoms with Crippen molar-refractivity contribution in [3.05, 3.63) is 83.4 Å². The van der Waals surface area contributed by atoms with Gasteiger partial charge in [-0.05, 0) is 36.4 Å². The summed E-state index contributed by atoms with van der Waals surface area (Å²) in [5.74, 6) is -0.686. The fraction of sp³-hybridized carbons (Fsp3) is 0.115. The molecule has 1 aliphatic rings. The minimum absolute atomic E-state index is 0.0925. The second-order valence-corrected chi connectivity index (χ2v) is 7.32. The van der Waals surface area contributed by atoms with Gasteiger partial charge in [-0.3, -0.25) is 15.0 Å². The zero-order chi connectivity index (χ0) is 24.9. The van der Waals surface area contributed by atoms with E-state index < -0.39 is 17.8 Å². The molecule has 1 saturated heterocycles. The Morgan fingerprint density at radius 1 is 0.829 bits per heavy atom. The Morgan fingerprint density at radius 2 is 1.46 bits per heavy atom. The summed E-state index contributed by atoms with van der Waals surface area (Å²) >= 11 is 0. The lowest BCUT2D eigenvalue weighted by molar-refractivity contribution is -0.117. The van der Waals surface area contributed by atoms with Crippen molar-refractivity contribution in [1.29, 1.82) is 0 Å². The Balaban J connectivity index is 1.63. The molecule has 1 heterocycles. The van der Waals surface area contributed by atoms with Crippen LogP contribution < -0.4 is 29.4 Å². The maximum Gasteiger partial charge on any atom is 0.343 e. The molecule has 0 radical (unpaired) electrons. The van der Waals surface area contributed by atoms with Crippen molar-refractivity contribution < 1.29 is 33.3 Å². The zero-order valence-corrected chi connectivity index (χ0v) is 19.2. The van der Waals surface area contributed by atoms with E-state index in [9.17, 15) is 14.4 Å². The molecule has 1 aliphatic heterocycles. The van der Waals surface area contributed by atoms with Gasteiger partial charge >= 0.3 is 5.97 Å². The molecule has 0 aliphatic carbocycles. The second kappa shape index (κ2) is 10.0. The van der Waals surface area contributed by atoms with E-state index in [1.165, 1.54) is 44.5 Å². The van der Waals surface area contributed by atoms with E-state index >= 15 is 0 Å². The highest BCUT2D eigenvalue weighted by molar-refractivity contribution is 6.31. The molecule has 1 fully saturated rings. The SMILES string of the molecule is COc1cc(C(=O)Oc2ccccc2/C=C2\C(=O)NN(c3ccccc3)C2=O)cc(OC)c1OC. The molecule has 0 aromatic heterocycles. The molecule has 0 saturated carbocycles. The summed E-state index contributed by atoms with van der Waals surface area (Å²) in [6, 6.07) is 18.2. The minimum atomic E-state index is -0.691. The van der Waals surface area contributed by atoms with Crippen LogP contribution in [0.4, 0.5) is 5.69 Å². The van der Waals surface area contributed by atoms with Crippen LogP contribution >= 0.6 is 0 Å². The lowest BCUT2D eigenvalue weighted by Gasteiger charge is -2.14. The van der Waals surface area contributed by atoms with Gasteiger partial charge in [-0.2, -0.15) is 0 Å². The van der Waals surface area contributed by atoms with Crippen molar-refractivity contribution in [3.63, 3.8) is 0 Å². The first-order valence-corrected chi connectivity index (χ1v) is 10.5. The Labute approximate surface area is 201 Å². The second-order valence-electron chi connectivity index (χ2n) is 7.32. The number of benzene rings is 3. The van der Waals surface area contributed by atoms with Crippen molar-refractivity contribution >= 4 is 29.5 Å².